The number of rotatable bonds is 11. The minimum atomic E-state index is 0.303. The molecule has 0 saturated carbocycles. The monoisotopic (exact) mass is 369 g/mol. The molecule has 152 valence electrons. The van der Waals surface area contributed by atoms with E-state index in [1.807, 2.05) is 7.05 Å². The van der Waals surface area contributed by atoms with Crippen LogP contribution in [0.5, 0.6) is 0 Å². The fraction of sp³-hybridized carbons (Fsp3) is 0.947. The van der Waals surface area contributed by atoms with Crippen LogP contribution in [0.15, 0.2) is 4.99 Å². The molecule has 0 aromatic heterocycles. The maximum Gasteiger partial charge on any atom is 0.190 e. The summed E-state index contributed by atoms with van der Waals surface area (Å²) in [7, 11) is 1.83. The first kappa shape index (κ1) is 21.4. The van der Waals surface area contributed by atoms with E-state index in [0.29, 0.717) is 6.10 Å². The maximum absolute atomic E-state index is 5.77. The fourth-order valence-corrected chi connectivity index (χ4v) is 3.39. The lowest BCUT2D eigenvalue weighted by Crippen LogP contribution is -2.46. The van der Waals surface area contributed by atoms with Crippen molar-refractivity contribution in [3.05, 3.63) is 0 Å². The van der Waals surface area contributed by atoms with E-state index in [0.717, 1.165) is 51.7 Å². The van der Waals surface area contributed by atoms with E-state index >= 15 is 0 Å². The molecule has 7 heteroatoms. The Balaban J connectivity index is 1.41. The number of nitrogens with one attached hydrogen (secondary N) is 2. The third kappa shape index (κ3) is 8.66. The largest absolute Gasteiger partial charge is 0.379 e. The van der Waals surface area contributed by atoms with Crippen molar-refractivity contribution in [2.24, 2.45) is 4.99 Å². The molecule has 0 amide bonds. The summed E-state index contributed by atoms with van der Waals surface area (Å²) in [5, 5.41) is 6.76. The first-order valence-electron chi connectivity index (χ1n) is 10.4. The summed E-state index contributed by atoms with van der Waals surface area (Å²) in [5.41, 5.74) is 0. The van der Waals surface area contributed by atoms with Crippen molar-refractivity contribution in [3.63, 3.8) is 0 Å². The predicted molar refractivity (Wildman–Crippen MR) is 107 cm³/mol. The number of likely N-dealkylation sites (N-methyl/N-ethyl adjacent to an activating group) is 1. The second kappa shape index (κ2) is 13.3. The van der Waals surface area contributed by atoms with Gasteiger partial charge in [0, 0.05) is 59.5 Å². The van der Waals surface area contributed by atoms with Crippen LogP contribution in [0.3, 0.4) is 0 Å². The molecule has 2 heterocycles. The second-order valence-corrected chi connectivity index (χ2v) is 7.12. The highest BCUT2D eigenvalue weighted by molar-refractivity contribution is 5.79. The van der Waals surface area contributed by atoms with Crippen molar-refractivity contribution in [1.82, 2.24) is 20.4 Å². The number of ether oxygens (including phenoxy) is 2. The van der Waals surface area contributed by atoms with Crippen LogP contribution in [0.2, 0.25) is 0 Å². The zero-order valence-corrected chi connectivity index (χ0v) is 16.8. The lowest BCUT2D eigenvalue weighted by molar-refractivity contribution is 0.0420. The summed E-state index contributed by atoms with van der Waals surface area (Å²) in [6, 6.07) is 0. The van der Waals surface area contributed by atoms with Gasteiger partial charge in [-0.05, 0) is 38.8 Å². The molecule has 1 atom stereocenters. The van der Waals surface area contributed by atoms with Gasteiger partial charge in [-0.25, -0.2) is 0 Å². The van der Waals surface area contributed by atoms with E-state index in [-0.39, 0.29) is 0 Å². The summed E-state index contributed by atoms with van der Waals surface area (Å²) in [6.45, 7) is 13.8. The van der Waals surface area contributed by atoms with Gasteiger partial charge in [0.1, 0.15) is 0 Å². The average Bonchev–Trinajstić information content (AvgIpc) is 3.20. The fourth-order valence-electron chi connectivity index (χ4n) is 3.39. The first-order valence-corrected chi connectivity index (χ1v) is 10.4. The molecule has 2 rings (SSSR count). The number of guanidine groups is 1. The molecule has 1 unspecified atom stereocenters. The molecule has 0 aromatic rings. The zero-order valence-electron chi connectivity index (χ0n) is 16.8. The summed E-state index contributed by atoms with van der Waals surface area (Å²) in [4.78, 5) is 9.41. The molecule has 0 radical (unpaired) electrons. The van der Waals surface area contributed by atoms with Gasteiger partial charge in [0.2, 0.25) is 0 Å². The Kier molecular flexibility index (Phi) is 11.0. The van der Waals surface area contributed by atoms with Crippen LogP contribution in [0, 0.1) is 0 Å². The highest BCUT2D eigenvalue weighted by Gasteiger charge is 2.15. The van der Waals surface area contributed by atoms with Crippen molar-refractivity contribution in [2.75, 3.05) is 79.2 Å². The van der Waals surface area contributed by atoms with Gasteiger partial charge in [0.05, 0.1) is 12.7 Å². The molecule has 2 saturated heterocycles. The molecule has 2 aliphatic heterocycles. The van der Waals surface area contributed by atoms with Crippen LogP contribution >= 0.6 is 0 Å². The zero-order chi connectivity index (χ0) is 18.5. The van der Waals surface area contributed by atoms with Crippen LogP contribution in [-0.4, -0.2) is 101 Å². The van der Waals surface area contributed by atoms with Crippen LogP contribution < -0.4 is 10.6 Å². The quantitative estimate of drug-likeness (QED) is 0.319. The standard InChI is InChI=1S/C19H39N5O2/c1-3-23-11-13-24(14-12-23)10-5-4-8-21-19(20-2)22-9-6-15-26-18-7-16-25-17-18/h18H,3-17H2,1-2H3,(H2,20,21,22). The summed E-state index contributed by atoms with van der Waals surface area (Å²) < 4.78 is 11.1. The van der Waals surface area contributed by atoms with Crippen LogP contribution in [0.1, 0.15) is 32.6 Å². The SMILES string of the molecule is CCN1CCN(CCCCNC(=NC)NCCCOC2CCOC2)CC1. The lowest BCUT2D eigenvalue weighted by atomic mass is 10.2. The number of hydrogen-bond acceptors (Lipinski definition) is 5. The highest BCUT2D eigenvalue weighted by Crippen LogP contribution is 2.07. The van der Waals surface area contributed by atoms with Gasteiger partial charge in [0.25, 0.3) is 0 Å². The van der Waals surface area contributed by atoms with Crippen molar-refractivity contribution < 1.29 is 9.47 Å². The molecule has 0 spiro atoms. The van der Waals surface area contributed by atoms with Gasteiger partial charge < -0.3 is 29.9 Å². The minimum absolute atomic E-state index is 0.303. The van der Waals surface area contributed by atoms with Gasteiger partial charge in [-0.2, -0.15) is 0 Å². The Morgan fingerprint density at radius 1 is 1.08 bits per heavy atom. The summed E-state index contributed by atoms with van der Waals surface area (Å²) in [5.74, 6) is 0.894. The Hall–Kier alpha value is -0.890. The van der Waals surface area contributed by atoms with Gasteiger partial charge in [0.15, 0.2) is 5.96 Å². The maximum atomic E-state index is 5.77. The molecule has 26 heavy (non-hydrogen) atoms. The van der Waals surface area contributed by atoms with Gasteiger partial charge in [-0.3, -0.25) is 4.99 Å². The van der Waals surface area contributed by atoms with Gasteiger partial charge in [-0.15, -0.1) is 0 Å². The molecular formula is C19H39N5O2. The summed E-state index contributed by atoms with van der Waals surface area (Å²) >= 11 is 0. The topological polar surface area (TPSA) is 61.4 Å². The third-order valence-electron chi connectivity index (χ3n) is 5.18. The second-order valence-electron chi connectivity index (χ2n) is 7.12. The molecule has 7 nitrogen and oxygen atoms in total. The minimum Gasteiger partial charge on any atom is -0.379 e. The molecule has 2 N–H and O–H groups in total. The Bertz CT molecular complexity index is 380. The van der Waals surface area contributed by atoms with E-state index in [2.05, 4.69) is 32.3 Å². The van der Waals surface area contributed by atoms with Crippen molar-refractivity contribution >= 4 is 5.96 Å². The number of piperazine rings is 1. The van der Waals surface area contributed by atoms with Gasteiger partial charge >= 0.3 is 0 Å². The van der Waals surface area contributed by atoms with E-state index in [1.165, 1.54) is 52.1 Å². The molecule has 0 aromatic carbocycles. The van der Waals surface area contributed by atoms with Crippen molar-refractivity contribution in [1.29, 1.82) is 0 Å². The summed E-state index contributed by atoms with van der Waals surface area (Å²) in [6.07, 6.45) is 4.75. The Labute approximate surface area is 159 Å². The van der Waals surface area contributed by atoms with E-state index in [4.69, 9.17) is 9.47 Å². The number of unbranched alkanes of at least 4 members (excludes halogenated alkanes) is 1. The van der Waals surface area contributed by atoms with E-state index in [9.17, 15) is 0 Å². The third-order valence-corrected chi connectivity index (χ3v) is 5.18. The smallest absolute Gasteiger partial charge is 0.190 e. The average molecular weight is 370 g/mol. The van der Waals surface area contributed by atoms with E-state index in [1.54, 1.807) is 0 Å². The van der Waals surface area contributed by atoms with Crippen molar-refractivity contribution in [3.8, 4) is 0 Å². The molecule has 2 aliphatic rings. The molecule has 0 bridgehead atoms. The predicted octanol–water partition coefficient (Wildman–Crippen LogP) is 0.765. The van der Waals surface area contributed by atoms with Crippen LogP contribution in [0.25, 0.3) is 0 Å². The molecular weight excluding hydrogens is 330 g/mol. The van der Waals surface area contributed by atoms with Crippen molar-refractivity contribution in [2.45, 2.75) is 38.7 Å². The van der Waals surface area contributed by atoms with E-state index < -0.39 is 0 Å². The lowest BCUT2D eigenvalue weighted by Gasteiger charge is -2.34. The van der Waals surface area contributed by atoms with Crippen LogP contribution in [-0.2, 0) is 9.47 Å². The van der Waals surface area contributed by atoms with Crippen LogP contribution in [0.4, 0.5) is 0 Å². The Morgan fingerprint density at radius 3 is 2.46 bits per heavy atom. The Morgan fingerprint density at radius 2 is 1.81 bits per heavy atom. The molecule has 2 fully saturated rings. The van der Waals surface area contributed by atoms with Gasteiger partial charge in [-0.1, -0.05) is 6.92 Å². The molecule has 0 aliphatic carbocycles. The number of aliphatic imine (C=N–C) groups is 1. The first-order chi connectivity index (χ1) is 12.8. The number of nitrogens with zero attached hydrogens (tertiary/aromatic N) is 3. The normalized spacial score (nSPS) is 22.7. The number of hydrogen-bond donors (Lipinski definition) is 2. The highest BCUT2D eigenvalue weighted by atomic mass is 16.5.